The van der Waals surface area contributed by atoms with Crippen LogP contribution in [-0.4, -0.2) is 67.8 Å². The average molecular weight is 432 g/mol. The second kappa shape index (κ2) is 6.68. The third kappa shape index (κ3) is 3.62. The average Bonchev–Trinajstić information content (AvgIpc) is 2.97. The Morgan fingerprint density at radius 2 is 2.00 bits per heavy atom. The molecular weight excluding hydrogens is 414 g/mol. The Balaban J connectivity index is 1.87. The molecule has 0 saturated carbocycles. The minimum absolute atomic E-state index is 0.00290. The first-order valence-electron chi connectivity index (χ1n) is 7.43. The highest BCUT2D eigenvalue weighted by molar-refractivity contribution is 9.10. The van der Waals surface area contributed by atoms with Crippen LogP contribution in [0.25, 0.3) is 0 Å². The van der Waals surface area contributed by atoms with E-state index in [0.29, 0.717) is 0 Å². The summed E-state index contributed by atoms with van der Waals surface area (Å²) in [6.45, 7) is 0. The van der Waals surface area contributed by atoms with Crippen molar-refractivity contribution >= 4 is 54.3 Å². The van der Waals surface area contributed by atoms with Gasteiger partial charge in [0.1, 0.15) is 0 Å². The van der Waals surface area contributed by atoms with Crippen molar-refractivity contribution in [3.05, 3.63) is 28.7 Å². The van der Waals surface area contributed by atoms with Crippen molar-refractivity contribution in [2.75, 3.05) is 36.3 Å². The quantitative estimate of drug-likeness (QED) is 0.726. The lowest BCUT2D eigenvalue weighted by Crippen LogP contribution is -2.39. The van der Waals surface area contributed by atoms with Crippen LogP contribution in [0.15, 0.2) is 33.7 Å². The summed E-state index contributed by atoms with van der Waals surface area (Å²) in [4.78, 5) is 20.0. The van der Waals surface area contributed by atoms with E-state index in [1.54, 1.807) is 14.1 Å². The Kier molecular flexibility index (Phi) is 4.94. The lowest BCUT2D eigenvalue weighted by atomic mass is 10.1. The van der Waals surface area contributed by atoms with Crippen LogP contribution in [0.2, 0.25) is 0 Å². The van der Waals surface area contributed by atoms with Gasteiger partial charge in [0.25, 0.3) is 0 Å². The predicted molar refractivity (Wildman–Crippen MR) is 101 cm³/mol. The molecule has 6 nitrogen and oxygen atoms in total. The molecule has 0 bridgehead atoms. The van der Waals surface area contributed by atoms with E-state index in [9.17, 15) is 13.2 Å². The Labute approximate surface area is 154 Å². The fourth-order valence-electron chi connectivity index (χ4n) is 2.79. The number of fused-ring (bicyclic) bond motifs is 1. The van der Waals surface area contributed by atoms with Crippen molar-refractivity contribution in [1.82, 2.24) is 4.90 Å². The molecule has 130 valence electrons. The minimum Gasteiger partial charge on any atom is -0.348 e. The first kappa shape index (κ1) is 17.8. The Hall–Kier alpha value is -1.06. The number of rotatable bonds is 3. The van der Waals surface area contributed by atoms with Crippen LogP contribution >= 0.6 is 27.7 Å². The number of thioether (sulfide) groups is 1. The highest BCUT2D eigenvalue weighted by Gasteiger charge is 2.47. The fourth-order valence-corrected chi connectivity index (χ4v) is 6.00. The second-order valence-electron chi connectivity index (χ2n) is 6.05. The molecule has 2 heterocycles. The van der Waals surface area contributed by atoms with Gasteiger partial charge in [0.05, 0.1) is 29.3 Å². The number of benzene rings is 1. The van der Waals surface area contributed by atoms with Crippen molar-refractivity contribution < 1.29 is 13.2 Å². The summed E-state index contributed by atoms with van der Waals surface area (Å²) in [5.74, 6) is 0.466. The molecule has 0 spiro atoms. The van der Waals surface area contributed by atoms with Gasteiger partial charge >= 0.3 is 0 Å². The topological polar surface area (TPSA) is 70.0 Å². The molecule has 1 amide bonds. The molecule has 2 aliphatic rings. The molecule has 1 saturated heterocycles. The molecule has 1 aromatic rings. The number of anilines is 1. The summed E-state index contributed by atoms with van der Waals surface area (Å²) in [5, 5.41) is 0.720. The zero-order valence-corrected chi connectivity index (χ0v) is 16.6. The van der Waals surface area contributed by atoms with Crippen LogP contribution < -0.4 is 4.90 Å². The SMILES string of the molecule is CN(C)C(=O)CSC1=N[C@@H]2CS(=O)(=O)C[C@H]2N1c1ccc(Br)cc1. The smallest absolute Gasteiger partial charge is 0.232 e. The van der Waals surface area contributed by atoms with E-state index in [1.165, 1.54) is 16.7 Å². The highest BCUT2D eigenvalue weighted by Crippen LogP contribution is 2.35. The van der Waals surface area contributed by atoms with Crippen molar-refractivity contribution in [2.24, 2.45) is 4.99 Å². The van der Waals surface area contributed by atoms with Crippen LogP contribution in [0.5, 0.6) is 0 Å². The largest absolute Gasteiger partial charge is 0.348 e. The lowest BCUT2D eigenvalue weighted by Gasteiger charge is -2.26. The molecule has 9 heteroatoms. The molecule has 1 aromatic carbocycles. The number of carbonyl (C=O) groups is 1. The summed E-state index contributed by atoms with van der Waals surface area (Å²) in [5.41, 5.74) is 0.895. The molecule has 0 radical (unpaired) electrons. The maximum atomic E-state index is 12.0. The predicted octanol–water partition coefficient (Wildman–Crippen LogP) is 1.61. The van der Waals surface area contributed by atoms with E-state index in [-0.39, 0.29) is 35.2 Å². The number of carbonyl (C=O) groups excluding carboxylic acids is 1. The third-order valence-electron chi connectivity index (χ3n) is 4.04. The molecule has 0 unspecified atom stereocenters. The molecule has 1 fully saturated rings. The van der Waals surface area contributed by atoms with Crippen molar-refractivity contribution in [3.63, 3.8) is 0 Å². The molecule has 0 aliphatic carbocycles. The second-order valence-corrected chi connectivity index (χ2v) is 10.1. The standard InChI is InChI=1S/C15H18BrN3O3S2/c1-18(2)14(20)7-23-15-17-12-8-24(21,22)9-13(12)19(15)11-5-3-10(16)4-6-11/h3-6,12-13H,7-9H2,1-2H3/t12-,13-/m1/s1. The maximum Gasteiger partial charge on any atom is 0.232 e. The van der Waals surface area contributed by atoms with Crippen molar-refractivity contribution in [1.29, 1.82) is 0 Å². The van der Waals surface area contributed by atoms with E-state index >= 15 is 0 Å². The number of amidine groups is 1. The maximum absolute atomic E-state index is 12.0. The first-order valence-corrected chi connectivity index (χ1v) is 11.0. The van der Waals surface area contributed by atoms with E-state index in [2.05, 4.69) is 20.9 Å². The van der Waals surface area contributed by atoms with Gasteiger partial charge in [-0.3, -0.25) is 9.79 Å². The van der Waals surface area contributed by atoms with Gasteiger partial charge in [-0.15, -0.1) is 0 Å². The number of aliphatic imine (C=N–C) groups is 1. The molecule has 2 atom stereocenters. The fraction of sp³-hybridized carbons (Fsp3) is 0.467. The van der Waals surface area contributed by atoms with Gasteiger partial charge in [0, 0.05) is 24.3 Å². The Morgan fingerprint density at radius 3 is 2.62 bits per heavy atom. The van der Waals surface area contributed by atoms with E-state index in [0.717, 1.165) is 15.3 Å². The Bertz CT molecular complexity index is 778. The van der Waals surface area contributed by atoms with Crippen LogP contribution in [0.3, 0.4) is 0 Å². The van der Waals surface area contributed by atoms with Gasteiger partial charge in [0.15, 0.2) is 15.0 Å². The molecule has 24 heavy (non-hydrogen) atoms. The monoisotopic (exact) mass is 431 g/mol. The molecule has 0 aromatic heterocycles. The number of hydrogen-bond acceptors (Lipinski definition) is 6. The van der Waals surface area contributed by atoms with Gasteiger partial charge in [-0.2, -0.15) is 0 Å². The number of hydrogen-bond donors (Lipinski definition) is 0. The molecule has 0 N–H and O–H groups in total. The van der Waals surface area contributed by atoms with Crippen molar-refractivity contribution in [2.45, 2.75) is 12.1 Å². The van der Waals surface area contributed by atoms with E-state index < -0.39 is 9.84 Å². The van der Waals surface area contributed by atoms with Gasteiger partial charge in [-0.1, -0.05) is 27.7 Å². The summed E-state index contributed by atoms with van der Waals surface area (Å²) in [6, 6.07) is 7.25. The number of halogens is 1. The summed E-state index contributed by atoms with van der Waals surface area (Å²) in [6.07, 6.45) is 0. The zero-order chi connectivity index (χ0) is 17.5. The molecule has 3 rings (SSSR count). The van der Waals surface area contributed by atoms with Gasteiger partial charge in [0.2, 0.25) is 5.91 Å². The van der Waals surface area contributed by atoms with Gasteiger partial charge in [-0.25, -0.2) is 8.42 Å². The Morgan fingerprint density at radius 1 is 1.33 bits per heavy atom. The summed E-state index contributed by atoms with van der Waals surface area (Å²) < 4.78 is 24.9. The first-order chi connectivity index (χ1) is 11.3. The number of sulfone groups is 1. The minimum atomic E-state index is -3.07. The summed E-state index contributed by atoms with van der Waals surface area (Å²) >= 11 is 4.77. The highest BCUT2D eigenvalue weighted by atomic mass is 79.9. The van der Waals surface area contributed by atoms with Gasteiger partial charge < -0.3 is 9.80 Å². The van der Waals surface area contributed by atoms with Crippen LogP contribution in [0.1, 0.15) is 0 Å². The molecule has 2 aliphatic heterocycles. The lowest BCUT2D eigenvalue weighted by molar-refractivity contribution is -0.125. The number of nitrogens with zero attached hydrogens (tertiary/aromatic N) is 3. The molecular formula is C15H18BrN3O3S2. The third-order valence-corrected chi connectivity index (χ3v) is 7.21. The normalized spacial score (nSPS) is 24.6. The van der Waals surface area contributed by atoms with Crippen LogP contribution in [0, 0.1) is 0 Å². The number of amides is 1. The van der Waals surface area contributed by atoms with Gasteiger partial charge in [-0.05, 0) is 24.3 Å². The van der Waals surface area contributed by atoms with E-state index in [1.807, 2.05) is 29.2 Å². The van der Waals surface area contributed by atoms with Crippen LogP contribution in [0.4, 0.5) is 5.69 Å². The zero-order valence-electron chi connectivity index (χ0n) is 13.3. The summed E-state index contributed by atoms with van der Waals surface area (Å²) in [7, 11) is 0.366. The van der Waals surface area contributed by atoms with E-state index in [4.69, 9.17) is 0 Å². The van der Waals surface area contributed by atoms with Crippen LogP contribution in [-0.2, 0) is 14.6 Å². The van der Waals surface area contributed by atoms with Crippen molar-refractivity contribution in [3.8, 4) is 0 Å².